The predicted octanol–water partition coefficient (Wildman–Crippen LogP) is 1.15. The first-order chi connectivity index (χ1) is 12.2. The van der Waals surface area contributed by atoms with E-state index >= 15 is 0 Å². The molecule has 0 unspecified atom stereocenters. The average molecular weight is 340 g/mol. The number of aromatic nitrogens is 7. The molecule has 4 rings (SSSR count). The van der Waals surface area contributed by atoms with Gasteiger partial charge in [-0.15, -0.1) is 5.10 Å². The first-order valence-electron chi connectivity index (χ1n) is 8.41. The van der Waals surface area contributed by atoms with E-state index in [0.29, 0.717) is 5.69 Å². The first-order valence-corrected chi connectivity index (χ1v) is 8.41. The number of rotatable bonds is 4. The van der Waals surface area contributed by atoms with E-state index in [9.17, 15) is 5.11 Å². The van der Waals surface area contributed by atoms with Gasteiger partial charge in [0.15, 0.2) is 0 Å². The lowest BCUT2D eigenvalue weighted by Crippen LogP contribution is -2.36. The highest BCUT2D eigenvalue weighted by atomic mass is 16.3. The minimum absolute atomic E-state index is 0.275. The number of tetrazole rings is 1. The summed E-state index contributed by atoms with van der Waals surface area (Å²) in [6.45, 7) is 3.36. The van der Waals surface area contributed by atoms with Gasteiger partial charge in [-0.25, -0.2) is 4.68 Å². The van der Waals surface area contributed by atoms with Crippen molar-refractivity contribution in [1.29, 1.82) is 0 Å². The number of aliphatic hydroxyl groups is 1. The van der Waals surface area contributed by atoms with Gasteiger partial charge in [-0.05, 0) is 42.3 Å². The van der Waals surface area contributed by atoms with Gasteiger partial charge in [0.05, 0.1) is 24.0 Å². The van der Waals surface area contributed by atoms with Crippen molar-refractivity contribution in [2.24, 2.45) is 0 Å². The summed E-state index contributed by atoms with van der Waals surface area (Å²) < 4.78 is 3.63. The molecular weight excluding hydrogens is 320 g/mol. The van der Waals surface area contributed by atoms with Crippen LogP contribution in [-0.2, 0) is 0 Å². The van der Waals surface area contributed by atoms with Crippen LogP contribution in [0.5, 0.6) is 0 Å². The van der Waals surface area contributed by atoms with Gasteiger partial charge in [0.25, 0.3) is 0 Å². The lowest BCUT2D eigenvalue weighted by atomic mass is 10.1. The van der Waals surface area contributed by atoms with Crippen LogP contribution in [0.15, 0.2) is 36.5 Å². The second-order valence-electron chi connectivity index (χ2n) is 6.24. The van der Waals surface area contributed by atoms with Gasteiger partial charge in [0.1, 0.15) is 5.69 Å². The van der Waals surface area contributed by atoms with Crippen molar-refractivity contribution in [3.05, 3.63) is 42.2 Å². The summed E-state index contributed by atoms with van der Waals surface area (Å²) in [5.41, 5.74) is 1.55. The van der Waals surface area contributed by atoms with Crippen molar-refractivity contribution in [3.63, 3.8) is 0 Å². The summed E-state index contributed by atoms with van der Waals surface area (Å²) >= 11 is 0. The molecule has 1 N–H and O–H groups in total. The molecule has 0 radical (unpaired) electrons. The van der Waals surface area contributed by atoms with Crippen molar-refractivity contribution in [3.8, 4) is 5.69 Å². The number of hydrogen-bond acceptors (Lipinski definition) is 7. The van der Waals surface area contributed by atoms with Crippen LogP contribution in [0.3, 0.4) is 0 Å². The molecule has 9 heteroatoms. The summed E-state index contributed by atoms with van der Waals surface area (Å²) in [6, 6.07) is 10.2. The third-order valence-electron chi connectivity index (χ3n) is 4.53. The van der Waals surface area contributed by atoms with Gasteiger partial charge in [0, 0.05) is 13.1 Å². The average Bonchev–Trinajstić information content (AvgIpc) is 3.32. The third kappa shape index (κ3) is 3.10. The maximum absolute atomic E-state index is 9.59. The normalized spacial score (nSPS) is 17.0. The molecule has 0 amide bonds. The second-order valence-corrected chi connectivity index (χ2v) is 6.24. The molecule has 1 aliphatic heterocycles. The highest BCUT2D eigenvalue weighted by molar-refractivity contribution is 5.40. The summed E-state index contributed by atoms with van der Waals surface area (Å²) in [5, 5.41) is 29.9. The molecule has 130 valence electrons. The molecule has 0 spiro atoms. The lowest BCUT2D eigenvalue weighted by molar-refractivity contribution is 0.194. The Labute approximate surface area is 144 Å². The molecule has 25 heavy (non-hydrogen) atoms. The van der Waals surface area contributed by atoms with Crippen LogP contribution in [0.25, 0.3) is 5.69 Å². The molecular formula is C16H20N8O. The van der Waals surface area contributed by atoms with E-state index in [0.717, 1.165) is 37.6 Å². The van der Waals surface area contributed by atoms with E-state index < -0.39 is 6.10 Å². The molecule has 1 aromatic carbocycles. The van der Waals surface area contributed by atoms with Crippen molar-refractivity contribution in [2.45, 2.75) is 31.9 Å². The number of aliphatic hydroxyl groups excluding tert-OH is 1. The van der Waals surface area contributed by atoms with E-state index in [1.807, 2.05) is 41.2 Å². The molecule has 3 heterocycles. The van der Waals surface area contributed by atoms with Crippen LogP contribution >= 0.6 is 0 Å². The number of para-hydroxylation sites is 1. The van der Waals surface area contributed by atoms with Gasteiger partial charge < -0.3 is 10.0 Å². The number of nitrogens with zero attached hydrogens (tertiary/aromatic N) is 8. The SMILES string of the molecule is C[C@@H](O)c1cn(C2CCN(c3nnnn3-c3ccccc3)CC2)nn1. The summed E-state index contributed by atoms with van der Waals surface area (Å²) in [6.07, 6.45) is 3.08. The third-order valence-corrected chi connectivity index (χ3v) is 4.53. The summed E-state index contributed by atoms with van der Waals surface area (Å²) in [4.78, 5) is 2.19. The Bertz CT molecular complexity index is 820. The fourth-order valence-electron chi connectivity index (χ4n) is 3.11. The van der Waals surface area contributed by atoms with Crippen molar-refractivity contribution in [2.75, 3.05) is 18.0 Å². The van der Waals surface area contributed by atoms with E-state index in [4.69, 9.17) is 0 Å². The number of piperidine rings is 1. The second kappa shape index (κ2) is 6.60. The largest absolute Gasteiger partial charge is 0.387 e. The van der Waals surface area contributed by atoms with Crippen LogP contribution in [-0.4, -0.2) is 53.4 Å². The Hall–Kier alpha value is -2.81. The van der Waals surface area contributed by atoms with Crippen LogP contribution in [0, 0.1) is 0 Å². The zero-order valence-electron chi connectivity index (χ0n) is 14.0. The molecule has 1 saturated heterocycles. The first kappa shape index (κ1) is 15.7. The topological polar surface area (TPSA) is 97.8 Å². The van der Waals surface area contributed by atoms with Gasteiger partial charge >= 0.3 is 0 Å². The lowest BCUT2D eigenvalue weighted by Gasteiger charge is -2.31. The molecule has 3 aromatic rings. The van der Waals surface area contributed by atoms with Gasteiger partial charge in [-0.2, -0.15) is 4.68 Å². The molecule has 0 saturated carbocycles. The molecule has 9 nitrogen and oxygen atoms in total. The Balaban J connectivity index is 1.47. The van der Waals surface area contributed by atoms with E-state index in [2.05, 4.69) is 30.7 Å². The Morgan fingerprint density at radius 3 is 2.52 bits per heavy atom. The van der Waals surface area contributed by atoms with Crippen LogP contribution in [0.1, 0.15) is 37.6 Å². The highest BCUT2D eigenvalue weighted by Gasteiger charge is 2.25. The van der Waals surface area contributed by atoms with Crippen molar-refractivity contribution < 1.29 is 5.11 Å². The van der Waals surface area contributed by atoms with E-state index in [1.54, 1.807) is 11.6 Å². The zero-order valence-corrected chi connectivity index (χ0v) is 14.0. The summed E-state index contributed by atoms with van der Waals surface area (Å²) in [7, 11) is 0. The zero-order chi connectivity index (χ0) is 17.2. The maximum Gasteiger partial charge on any atom is 0.250 e. The summed E-state index contributed by atoms with van der Waals surface area (Å²) in [5.74, 6) is 0.757. The van der Waals surface area contributed by atoms with Crippen LogP contribution < -0.4 is 4.90 Å². The van der Waals surface area contributed by atoms with Crippen LogP contribution in [0.2, 0.25) is 0 Å². The minimum atomic E-state index is -0.593. The molecule has 0 aliphatic carbocycles. The molecule has 1 aliphatic rings. The Morgan fingerprint density at radius 2 is 1.84 bits per heavy atom. The highest BCUT2D eigenvalue weighted by Crippen LogP contribution is 2.26. The monoisotopic (exact) mass is 340 g/mol. The minimum Gasteiger partial charge on any atom is -0.387 e. The van der Waals surface area contributed by atoms with Gasteiger partial charge in [-0.3, -0.25) is 0 Å². The Kier molecular flexibility index (Phi) is 4.14. The molecule has 1 fully saturated rings. The van der Waals surface area contributed by atoms with Crippen molar-refractivity contribution >= 4 is 5.95 Å². The molecule has 1 atom stereocenters. The van der Waals surface area contributed by atoms with Gasteiger partial charge in [0.2, 0.25) is 5.95 Å². The quantitative estimate of drug-likeness (QED) is 0.760. The van der Waals surface area contributed by atoms with Crippen molar-refractivity contribution in [1.82, 2.24) is 35.2 Å². The van der Waals surface area contributed by atoms with E-state index in [1.165, 1.54) is 0 Å². The molecule has 2 aromatic heterocycles. The van der Waals surface area contributed by atoms with Crippen LogP contribution in [0.4, 0.5) is 5.95 Å². The molecule has 0 bridgehead atoms. The van der Waals surface area contributed by atoms with Gasteiger partial charge in [-0.1, -0.05) is 28.5 Å². The predicted molar refractivity (Wildman–Crippen MR) is 90.3 cm³/mol. The number of benzene rings is 1. The number of anilines is 1. The smallest absolute Gasteiger partial charge is 0.250 e. The Morgan fingerprint density at radius 1 is 1.08 bits per heavy atom. The van der Waals surface area contributed by atoms with E-state index in [-0.39, 0.29) is 6.04 Å². The fourth-order valence-corrected chi connectivity index (χ4v) is 3.11. The fraction of sp³-hybridized carbons (Fsp3) is 0.438. The maximum atomic E-state index is 9.59. The standard InChI is InChI=1S/C16H20N8O/c1-12(25)15-11-23(20-17-15)13-7-9-22(10-8-13)16-18-19-21-24(16)14-5-3-2-4-6-14/h2-6,11-13,25H,7-10H2,1H3/t12-/m1/s1. The number of hydrogen-bond donors (Lipinski definition) is 1.